The predicted octanol–water partition coefficient (Wildman–Crippen LogP) is 7.35. The molecule has 266 valence electrons. The van der Waals surface area contributed by atoms with E-state index < -0.39 is 17.4 Å². The molecule has 0 saturated carbocycles. The van der Waals surface area contributed by atoms with Crippen LogP contribution in [-0.4, -0.2) is 38.4 Å². The second-order valence-corrected chi connectivity index (χ2v) is 13.7. The number of carbonyl (C=O) groups is 2. The molecule has 0 aliphatic rings. The molecule has 5 rings (SSSR count). The Labute approximate surface area is 304 Å². The number of aryl methyl sites for hydroxylation is 2. The van der Waals surface area contributed by atoms with Gasteiger partial charge in [0.2, 0.25) is 0 Å². The van der Waals surface area contributed by atoms with Crippen LogP contribution in [0.1, 0.15) is 59.2 Å². The van der Waals surface area contributed by atoms with Crippen LogP contribution in [0.4, 0.5) is 15.0 Å². The number of aromatic nitrogens is 3. The molecule has 0 aliphatic heterocycles. The maximum atomic E-state index is 14.4. The van der Waals surface area contributed by atoms with Crippen LogP contribution in [0, 0.1) is 19.7 Å². The topological polar surface area (TPSA) is 140 Å². The highest BCUT2D eigenvalue weighted by molar-refractivity contribution is 6.32. The molecule has 0 fully saturated rings. The molecule has 14 heteroatoms. The first-order valence-electron chi connectivity index (χ1n) is 15.9. The summed E-state index contributed by atoms with van der Waals surface area (Å²) in [5.74, 6) is -0.437. The van der Waals surface area contributed by atoms with E-state index in [1.165, 1.54) is 46.6 Å². The molecule has 2 aromatic heterocycles. The summed E-state index contributed by atoms with van der Waals surface area (Å²) in [7, 11) is 1.52. The van der Waals surface area contributed by atoms with Gasteiger partial charge in [-0.25, -0.2) is 13.9 Å². The third-order valence-electron chi connectivity index (χ3n) is 8.13. The van der Waals surface area contributed by atoms with Gasteiger partial charge in [0.15, 0.2) is 0 Å². The number of nitrogens with one attached hydrogen (secondary N) is 3. The van der Waals surface area contributed by atoms with E-state index in [0.29, 0.717) is 45.3 Å². The smallest absolute Gasteiger partial charge is 0.320 e. The minimum Gasteiger partial charge on any atom is -0.506 e. The molecular formula is C37H37Cl2FN6O5. The molecular weight excluding hydrogens is 698 g/mol. The van der Waals surface area contributed by atoms with Crippen molar-refractivity contribution in [2.45, 2.75) is 53.2 Å². The fourth-order valence-electron chi connectivity index (χ4n) is 5.27. The summed E-state index contributed by atoms with van der Waals surface area (Å²) < 4.78 is 23.3. The van der Waals surface area contributed by atoms with Gasteiger partial charge in [0.1, 0.15) is 34.8 Å². The Kier molecular flexibility index (Phi) is 10.8. The molecule has 3 amide bonds. The van der Waals surface area contributed by atoms with E-state index in [-0.39, 0.29) is 46.0 Å². The quantitative estimate of drug-likeness (QED) is 0.125. The van der Waals surface area contributed by atoms with Crippen molar-refractivity contribution in [1.29, 1.82) is 0 Å². The van der Waals surface area contributed by atoms with Crippen molar-refractivity contribution >= 4 is 41.0 Å². The monoisotopic (exact) mass is 734 g/mol. The molecule has 0 bridgehead atoms. The summed E-state index contributed by atoms with van der Waals surface area (Å²) >= 11 is 12.7. The van der Waals surface area contributed by atoms with Crippen LogP contribution < -0.4 is 26.2 Å². The maximum absolute atomic E-state index is 14.4. The van der Waals surface area contributed by atoms with Crippen LogP contribution in [0.15, 0.2) is 71.5 Å². The molecule has 3 aromatic carbocycles. The molecule has 0 atom stereocenters. The molecule has 0 spiro atoms. The van der Waals surface area contributed by atoms with E-state index in [9.17, 15) is 23.9 Å². The van der Waals surface area contributed by atoms with E-state index in [0.717, 1.165) is 5.56 Å². The third-order valence-corrected chi connectivity index (χ3v) is 8.78. The van der Waals surface area contributed by atoms with Gasteiger partial charge in [-0.3, -0.25) is 19.5 Å². The zero-order valence-electron chi connectivity index (χ0n) is 28.8. The number of hydrogen-bond donors (Lipinski definition) is 4. The van der Waals surface area contributed by atoms with Gasteiger partial charge >= 0.3 is 6.03 Å². The number of hydrogen-bond acceptors (Lipinski definition) is 6. The number of pyridine rings is 1. The number of urea groups is 1. The number of benzene rings is 3. The van der Waals surface area contributed by atoms with Crippen molar-refractivity contribution in [2.24, 2.45) is 0 Å². The van der Waals surface area contributed by atoms with Crippen LogP contribution in [0.25, 0.3) is 11.4 Å². The number of carbonyl (C=O) groups excluding carboxylic acids is 2. The summed E-state index contributed by atoms with van der Waals surface area (Å²) in [4.78, 5) is 38.9. The number of aromatic hydroxyl groups is 1. The van der Waals surface area contributed by atoms with Gasteiger partial charge in [-0.15, -0.1) is 0 Å². The minimum atomic E-state index is -0.587. The van der Waals surface area contributed by atoms with Gasteiger partial charge in [0, 0.05) is 42.4 Å². The highest BCUT2D eigenvalue weighted by Crippen LogP contribution is 2.31. The average Bonchev–Trinajstić information content (AvgIpc) is 3.51. The Morgan fingerprint density at radius 2 is 1.73 bits per heavy atom. The summed E-state index contributed by atoms with van der Waals surface area (Å²) in [6.07, 6.45) is 0. The molecule has 51 heavy (non-hydrogen) atoms. The predicted molar refractivity (Wildman–Crippen MR) is 195 cm³/mol. The normalized spacial score (nSPS) is 11.3. The first kappa shape index (κ1) is 36.9. The number of ether oxygens (including phenoxy) is 1. The standard InChI is InChI=1S/C37H37Cl2FN6O5/c1-20-7-8-22(34(48)41-6)15-28(20)45-21(2)13-30(33(39)35(45)49)51-19-23-9-10-25(40)14-24(23)18-42-36(50)43-32-17-31(37(3,4)5)44-46(32)26-11-12-29(47)27(38)16-26/h7-17,47H,18-19H2,1-6H3,(H,41,48)(H2,42,43,50). The Balaban J connectivity index is 1.34. The second kappa shape index (κ2) is 14.9. The Bertz CT molecular complexity index is 2210. The number of phenols is 1. The Hall–Kier alpha value is -5.33. The zero-order chi connectivity index (χ0) is 37.2. The van der Waals surface area contributed by atoms with Crippen LogP contribution in [-0.2, 0) is 18.6 Å². The highest BCUT2D eigenvalue weighted by Gasteiger charge is 2.22. The van der Waals surface area contributed by atoms with Crippen LogP contribution >= 0.6 is 23.2 Å². The van der Waals surface area contributed by atoms with Crippen molar-refractivity contribution in [2.75, 3.05) is 12.4 Å². The summed E-state index contributed by atoms with van der Waals surface area (Å²) in [6, 6.07) is 16.5. The van der Waals surface area contributed by atoms with Gasteiger partial charge in [-0.2, -0.15) is 5.10 Å². The summed E-state index contributed by atoms with van der Waals surface area (Å²) in [5.41, 5.74) is 3.46. The van der Waals surface area contributed by atoms with Gasteiger partial charge in [0.25, 0.3) is 11.5 Å². The number of nitrogens with zero attached hydrogens (tertiary/aromatic N) is 3. The van der Waals surface area contributed by atoms with Gasteiger partial charge in [-0.05, 0) is 73.0 Å². The molecule has 0 aliphatic carbocycles. The lowest BCUT2D eigenvalue weighted by Gasteiger charge is -2.17. The van der Waals surface area contributed by atoms with E-state index in [1.54, 1.807) is 43.3 Å². The zero-order valence-corrected chi connectivity index (χ0v) is 30.3. The van der Waals surface area contributed by atoms with E-state index >= 15 is 0 Å². The average molecular weight is 736 g/mol. The number of phenolic OH excluding ortho intramolecular Hbond substituents is 1. The van der Waals surface area contributed by atoms with Crippen LogP contribution in [0.2, 0.25) is 10.0 Å². The number of anilines is 1. The first-order chi connectivity index (χ1) is 24.1. The fourth-order valence-corrected chi connectivity index (χ4v) is 5.64. The number of amides is 3. The minimum absolute atomic E-state index is 0.0666. The van der Waals surface area contributed by atoms with Crippen molar-refractivity contribution in [3.63, 3.8) is 0 Å². The van der Waals surface area contributed by atoms with Crippen LogP contribution in [0.5, 0.6) is 11.5 Å². The first-order valence-corrected chi connectivity index (χ1v) is 16.6. The molecule has 4 N–H and O–H groups in total. The van der Waals surface area contributed by atoms with Crippen molar-refractivity contribution in [3.8, 4) is 22.9 Å². The largest absolute Gasteiger partial charge is 0.506 e. The van der Waals surface area contributed by atoms with E-state index in [1.807, 2.05) is 27.7 Å². The lowest BCUT2D eigenvalue weighted by Crippen LogP contribution is -2.29. The molecule has 5 aromatic rings. The summed E-state index contributed by atoms with van der Waals surface area (Å²) in [6.45, 7) is 9.33. The number of rotatable bonds is 9. The molecule has 0 radical (unpaired) electrons. The van der Waals surface area contributed by atoms with E-state index in [4.69, 9.17) is 27.9 Å². The third kappa shape index (κ3) is 8.19. The van der Waals surface area contributed by atoms with Crippen molar-refractivity contribution in [1.82, 2.24) is 25.0 Å². The second-order valence-electron chi connectivity index (χ2n) is 12.9. The fraction of sp³-hybridized carbons (Fsp3) is 0.243. The van der Waals surface area contributed by atoms with Crippen molar-refractivity contribution in [3.05, 3.63) is 127 Å². The molecule has 11 nitrogen and oxygen atoms in total. The molecule has 2 heterocycles. The lowest BCUT2D eigenvalue weighted by atomic mass is 9.92. The SMILES string of the molecule is CNC(=O)c1ccc(C)c(-n2c(C)cc(OCc3ccc(F)cc3CNC(=O)Nc3cc(C(C)(C)C)nn3-c3ccc(O)c(Cl)c3)c(Cl)c2=O)c1. The lowest BCUT2D eigenvalue weighted by molar-refractivity contribution is 0.0963. The van der Waals surface area contributed by atoms with Gasteiger partial charge in [-0.1, -0.05) is 56.1 Å². The highest BCUT2D eigenvalue weighted by atomic mass is 35.5. The van der Waals surface area contributed by atoms with Gasteiger partial charge < -0.3 is 20.5 Å². The molecule has 0 unspecified atom stereocenters. The van der Waals surface area contributed by atoms with Crippen LogP contribution in [0.3, 0.4) is 0 Å². The summed E-state index contributed by atoms with van der Waals surface area (Å²) in [5, 5.41) is 22.6. The number of halogens is 3. The molecule has 0 saturated heterocycles. The maximum Gasteiger partial charge on any atom is 0.320 e. The van der Waals surface area contributed by atoms with Gasteiger partial charge in [0.05, 0.1) is 22.1 Å². The van der Waals surface area contributed by atoms with Crippen molar-refractivity contribution < 1.29 is 23.8 Å². The van der Waals surface area contributed by atoms with E-state index in [2.05, 4.69) is 21.0 Å². The Morgan fingerprint density at radius 3 is 2.41 bits per heavy atom. The Morgan fingerprint density at radius 1 is 0.980 bits per heavy atom.